The average molecular weight is 332 g/mol. The number of aryl methyl sites for hydroxylation is 1. The highest BCUT2D eigenvalue weighted by Crippen LogP contribution is 2.20. The molecule has 24 heavy (non-hydrogen) atoms. The summed E-state index contributed by atoms with van der Waals surface area (Å²) in [5.74, 6) is -5.21. The van der Waals surface area contributed by atoms with Crippen molar-refractivity contribution in [2.24, 2.45) is 7.05 Å². The van der Waals surface area contributed by atoms with Crippen LogP contribution in [0, 0.1) is 17.5 Å². The van der Waals surface area contributed by atoms with Gasteiger partial charge in [-0.05, 0) is 30.2 Å². The third kappa shape index (κ3) is 2.87. The third-order valence-corrected chi connectivity index (χ3v) is 3.94. The van der Waals surface area contributed by atoms with Gasteiger partial charge in [0, 0.05) is 30.7 Å². The van der Waals surface area contributed by atoms with Crippen LogP contribution >= 0.6 is 0 Å². The van der Waals surface area contributed by atoms with Crippen molar-refractivity contribution in [1.29, 1.82) is 0 Å². The van der Waals surface area contributed by atoms with Crippen LogP contribution < -0.4 is 5.32 Å². The number of benzene rings is 2. The minimum Gasteiger partial charge on any atom is -0.352 e. The van der Waals surface area contributed by atoms with Gasteiger partial charge in [0.1, 0.15) is 0 Å². The third-order valence-electron chi connectivity index (χ3n) is 3.94. The Morgan fingerprint density at radius 1 is 1.08 bits per heavy atom. The maximum Gasteiger partial charge on any atom is 0.254 e. The second-order valence-electron chi connectivity index (χ2n) is 5.51. The van der Waals surface area contributed by atoms with Crippen LogP contribution in [0.15, 0.2) is 42.6 Å². The number of nitrogens with zero attached hydrogens (tertiary/aromatic N) is 1. The Morgan fingerprint density at radius 2 is 1.83 bits per heavy atom. The van der Waals surface area contributed by atoms with E-state index >= 15 is 0 Å². The molecule has 0 aliphatic heterocycles. The molecular weight excluding hydrogens is 317 g/mol. The summed E-state index contributed by atoms with van der Waals surface area (Å²) in [6.07, 6.45) is 2.51. The van der Waals surface area contributed by atoms with Crippen molar-refractivity contribution in [2.75, 3.05) is 6.54 Å². The van der Waals surface area contributed by atoms with Gasteiger partial charge in [-0.2, -0.15) is 0 Å². The summed E-state index contributed by atoms with van der Waals surface area (Å²) >= 11 is 0. The zero-order chi connectivity index (χ0) is 17.3. The predicted octanol–water partition coefficient (Wildman–Crippen LogP) is 3.57. The molecule has 0 aliphatic carbocycles. The van der Waals surface area contributed by atoms with Gasteiger partial charge in [0.15, 0.2) is 17.5 Å². The lowest BCUT2D eigenvalue weighted by Crippen LogP contribution is -2.27. The molecule has 0 unspecified atom stereocenters. The molecule has 0 radical (unpaired) electrons. The normalized spacial score (nSPS) is 11.0. The van der Waals surface area contributed by atoms with E-state index in [2.05, 4.69) is 5.32 Å². The molecule has 1 heterocycles. The van der Waals surface area contributed by atoms with Crippen LogP contribution in [-0.2, 0) is 13.5 Å². The van der Waals surface area contributed by atoms with Gasteiger partial charge >= 0.3 is 0 Å². The fraction of sp³-hybridized carbons (Fsp3) is 0.167. The quantitative estimate of drug-likeness (QED) is 0.728. The molecule has 2 aromatic carbocycles. The van der Waals surface area contributed by atoms with Crippen molar-refractivity contribution < 1.29 is 18.0 Å². The largest absolute Gasteiger partial charge is 0.352 e. The van der Waals surface area contributed by atoms with Crippen molar-refractivity contribution in [3.05, 3.63) is 71.2 Å². The highest BCUT2D eigenvalue weighted by molar-refractivity contribution is 5.94. The van der Waals surface area contributed by atoms with Gasteiger partial charge in [-0.3, -0.25) is 4.79 Å². The van der Waals surface area contributed by atoms with Crippen molar-refractivity contribution in [3.8, 4) is 0 Å². The van der Waals surface area contributed by atoms with E-state index in [1.165, 1.54) is 0 Å². The van der Waals surface area contributed by atoms with Crippen LogP contribution in [0.4, 0.5) is 13.2 Å². The highest BCUT2D eigenvalue weighted by atomic mass is 19.2. The van der Waals surface area contributed by atoms with Gasteiger partial charge in [0.05, 0.1) is 5.56 Å². The first-order valence-electron chi connectivity index (χ1n) is 7.43. The molecule has 0 saturated heterocycles. The molecule has 3 nitrogen and oxygen atoms in total. The molecule has 1 amide bonds. The van der Waals surface area contributed by atoms with Gasteiger partial charge in [-0.25, -0.2) is 13.2 Å². The van der Waals surface area contributed by atoms with Crippen molar-refractivity contribution >= 4 is 16.8 Å². The standard InChI is InChI=1S/C18H15F3N2O/c1-23-10-11(12-4-2-3-5-15(12)23)8-9-22-18(24)13-6-7-14(19)17(21)16(13)20/h2-7,10H,8-9H2,1H3,(H,22,24). The molecule has 6 heteroatoms. The molecule has 0 bridgehead atoms. The summed E-state index contributed by atoms with van der Waals surface area (Å²) in [7, 11) is 1.93. The summed E-state index contributed by atoms with van der Waals surface area (Å²) in [4.78, 5) is 11.9. The van der Waals surface area contributed by atoms with Crippen molar-refractivity contribution in [3.63, 3.8) is 0 Å². The van der Waals surface area contributed by atoms with E-state index in [9.17, 15) is 18.0 Å². The topological polar surface area (TPSA) is 34.0 Å². The molecule has 0 fully saturated rings. The van der Waals surface area contributed by atoms with Crippen LogP contribution in [0.3, 0.4) is 0 Å². The number of rotatable bonds is 4. The van der Waals surface area contributed by atoms with Crippen LogP contribution in [0.2, 0.25) is 0 Å². The average Bonchev–Trinajstić information content (AvgIpc) is 2.89. The van der Waals surface area contributed by atoms with E-state index in [0.29, 0.717) is 6.42 Å². The van der Waals surface area contributed by atoms with E-state index in [1.807, 2.05) is 42.1 Å². The fourth-order valence-corrected chi connectivity index (χ4v) is 2.73. The minimum absolute atomic E-state index is 0.255. The van der Waals surface area contributed by atoms with Gasteiger partial charge < -0.3 is 9.88 Å². The molecule has 0 atom stereocenters. The molecule has 1 N–H and O–H groups in total. The van der Waals surface area contributed by atoms with Gasteiger partial charge in [0.2, 0.25) is 0 Å². The van der Waals surface area contributed by atoms with Crippen LogP contribution in [0.1, 0.15) is 15.9 Å². The zero-order valence-electron chi connectivity index (χ0n) is 12.9. The van der Waals surface area contributed by atoms with E-state index < -0.39 is 28.9 Å². The maximum atomic E-state index is 13.6. The predicted molar refractivity (Wildman–Crippen MR) is 85.3 cm³/mol. The second kappa shape index (κ2) is 6.39. The van der Waals surface area contributed by atoms with Gasteiger partial charge in [-0.1, -0.05) is 18.2 Å². The number of hydrogen-bond acceptors (Lipinski definition) is 1. The summed E-state index contributed by atoms with van der Waals surface area (Å²) in [5, 5.41) is 3.61. The van der Waals surface area contributed by atoms with E-state index in [1.54, 1.807) is 0 Å². The number of para-hydroxylation sites is 1. The van der Waals surface area contributed by atoms with Crippen molar-refractivity contribution in [1.82, 2.24) is 9.88 Å². The lowest BCUT2D eigenvalue weighted by atomic mass is 10.1. The van der Waals surface area contributed by atoms with E-state index in [4.69, 9.17) is 0 Å². The molecule has 0 saturated carbocycles. The van der Waals surface area contributed by atoms with E-state index in [0.717, 1.165) is 28.6 Å². The Balaban J connectivity index is 1.70. The Kier molecular flexibility index (Phi) is 4.29. The molecule has 0 aliphatic rings. The molecule has 0 spiro atoms. The number of amides is 1. The maximum absolute atomic E-state index is 13.6. The summed E-state index contributed by atoms with van der Waals surface area (Å²) in [6, 6.07) is 9.52. The first-order valence-corrected chi connectivity index (χ1v) is 7.43. The van der Waals surface area contributed by atoms with Gasteiger partial charge in [0.25, 0.3) is 5.91 Å². The first kappa shape index (κ1) is 16.1. The molecular formula is C18H15F3N2O. The van der Waals surface area contributed by atoms with Crippen LogP contribution in [-0.4, -0.2) is 17.0 Å². The lowest BCUT2D eigenvalue weighted by molar-refractivity contribution is 0.0949. The Labute approximate surface area is 136 Å². The van der Waals surface area contributed by atoms with Crippen LogP contribution in [0.5, 0.6) is 0 Å². The Hall–Kier alpha value is -2.76. The SMILES string of the molecule is Cn1cc(CCNC(=O)c2ccc(F)c(F)c2F)c2ccccc21. The number of carbonyl (C=O) groups is 1. The number of hydrogen-bond donors (Lipinski definition) is 1. The van der Waals surface area contributed by atoms with Crippen molar-refractivity contribution in [2.45, 2.75) is 6.42 Å². The number of nitrogens with one attached hydrogen (secondary N) is 1. The second-order valence-corrected chi connectivity index (χ2v) is 5.51. The number of halogens is 3. The summed E-state index contributed by atoms with van der Waals surface area (Å²) < 4.78 is 41.7. The number of fused-ring (bicyclic) bond motifs is 1. The monoisotopic (exact) mass is 332 g/mol. The van der Waals surface area contributed by atoms with Crippen LogP contribution in [0.25, 0.3) is 10.9 Å². The Bertz CT molecular complexity index is 918. The minimum atomic E-state index is -1.64. The lowest BCUT2D eigenvalue weighted by Gasteiger charge is -2.06. The smallest absolute Gasteiger partial charge is 0.254 e. The van der Waals surface area contributed by atoms with Gasteiger partial charge in [-0.15, -0.1) is 0 Å². The van der Waals surface area contributed by atoms with E-state index in [-0.39, 0.29) is 6.54 Å². The fourth-order valence-electron chi connectivity index (χ4n) is 2.73. The summed E-state index contributed by atoms with van der Waals surface area (Å²) in [6.45, 7) is 0.255. The number of carbonyl (C=O) groups excluding carboxylic acids is 1. The molecule has 3 rings (SSSR count). The molecule has 124 valence electrons. The number of aromatic nitrogens is 1. The zero-order valence-corrected chi connectivity index (χ0v) is 12.9. The highest BCUT2D eigenvalue weighted by Gasteiger charge is 2.18. The molecule has 1 aromatic heterocycles. The first-order chi connectivity index (χ1) is 11.5. The summed E-state index contributed by atoms with van der Waals surface area (Å²) in [5.41, 5.74) is 1.61. The molecule has 3 aromatic rings. The Morgan fingerprint density at radius 3 is 2.62 bits per heavy atom.